The number of amides is 1. The largest absolute Gasteiger partial charge is 0.467 e. The molecule has 0 aliphatic carbocycles. The van der Waals surface area contributed by atoms with Gasteiger partial charge in [0.05, 0.1) is 19.4 Å². The van der Waals surface area contributed by atoms with Crippen LogP contribution in [0.4, 0.5) is 11.6 Å². The van der Waals surface area contributed by atoms with E-state index in [-0.39, 0.29) is 18.4 Å². The van der Waals surface area contributed by atoms with Crippen molar-refractivity contribution in [1.82, 2.24) is 20.6 Å². The maximum absolute atomic E-state index is 12.2. The van der Waals surface area contributed by atoms with Gasteiger partial charge in [-0.1, -0.05) is 22.8 Å². The van der Waals surface area contributed by atoms with Crippen molar-refractivity contribution in [3.05, 3.63) is 53.4 Å². The number of furan rings is 1. The van der Waals surface area contributed by atoms with Crippen molar-refractivity contribution in [2.24, 2.45) is 0 Å². The lowest BCUT2D eigenvalue weighted by atomic mass is 10.2. The van der Waals surface area contributed by atoms with E-state index in [1.807, 2.05) is 23.1 Å². The van der Waals surface area contributed by atoms with Gasteiger partial charge in [0.25, 0.3) is 5.95 Å². The Morgan fingerprint density at radius 1 is 1.35 bits per heavy atom. The molecule has 3 rings (SSSR count). The number of carbonyl (C=O) groups is 1. The molecule has 0 spiro atoms. The van der Waals surface area contributed by atoms with Crippen LogP contribution in [0, 0.1) is 0 Å². The van der Waals surface area contributed by atoms with E-state index < -0.39 is 0 Å². The molecule has 23 heavy (non-hydrogen) atoms. The highest BCUT2D eigenvalue weighted by Crippen LogP contribution is 2.21. The smallest absolute Gasteiger partial charge is 0.269 e. The van der Waals surface area contributed by atoms with Gasteiger partial charge in [0.2, 0.25) is 5.91 Å². The third kappa shape index (κ3) is 4.07. The van der Waals surface area contributed by atoms with E-state index in [2.05, 4.69) is 25.9 Å². The third-order valence-electron chi connectivity index (χ3n) is 3.03. The highest BCUT2D eigenvalue weighted by Gasteiger charge is 2.15. The summed E-state index contributed by atoms with van der Waals surface area (Å²) in [7, 11) is 0. The monoisotopic (exact) mass is 332 g/mol. The van der Waals surface area contributed by atoms with Crippen molar-refractivity contribution >= 4 is 29.1 Å². The van der Waals surface area contributed by atoms with E-state index in [1.54, 1.807) is 24.5 Å². The second-order valence-corrected chi connectivity index (χ2v) is 5.14. The molecule has 1 amide bonds. The molecule has 118 valence electrons. The fourth-order valence-electron chi connectivity index (χ4n) is 2.05. The second-order valence-electron chi connectivity index (χ2n) is 4.70. The normalized spacial score (nSPS) is 10.5. The number of aromatic nitrogens is 4. The van der Waals surface area contributed by atoms with E-state index in [0.717, 1.165) is 11.4 Å². The Morgan fingerprint density at radius 3 is 2.96 bits per heavy atom. The van der Waals surface area contributed by atoms with Gasteiger partial charge in [-0.25, -0.2) is 0 Å². The molecule has 9 heteroatoms. The van der Waals surface area contributed by atoms with Crippen LogP contribution in [0.15, 0.2) is 47.1 Å². The van der Waals surface area contributed by atoms with Crippen molar-refractivity contribution in [3.63, 3.8) is 0 Å². The zero-order chi connectivity index (χ0) is 16.1. The highest BCUT2D eigenvalue weighted by atomic mass is 35.5. The Hall–Kier alpha value is -2.87. The number of H-pyrrole nitrogens is 1. The minimum atomic E-state index is -0.280. The molecule has 0 bridgehead atoms. The van der Waals surface area contributed by atoms with Crippen LogP contribution in [0.25, 0.3) is 0 Å². The zero-order valence-corrected chi connectivity index (χ0v) is 12.7. The Kier molecular flexibility index (Phi) is 4.53. The quantitative estimate of drug-likeness (QED) is 0.717. The zero-order valence-electron chi connectivity index (χ0n) is 11.9. The SMILES string of the molecule is O=C(CN(Cc1ccco1)c1cccc(Cl)c1)Nc1nn[nH]n1. The summed E-state index contributed by atoms with van der Waals surface area (Å²) in [6.45, 7) is 0.503. The predicted octanol–water partition coefficient (Wildman–Crippen LogP) is 2.09. The van der Waals surface area contributed by atoms with Gasteiger partial charge in [0, 0.05) is 10.7 Å². The molecule has 0 unspecified atom stereocenters. The van der Waals surface area contributed by atoms with Gasteiger partial charge in [-0.3, -0.25) is 10.1 Å². The number of carbonyl (C=O) groups excluding carboxylic acids is 1. The fourth-order valence-corrected chi connectivity index (χ4v) is 2.24. The van der Waals surface area contributed by atoms with Gasteiger partial charge in [-0.15, -0.1) is 5.10 Å². The van der Waals surface area contributed by atoms with E-state index in [0.29, 0.717) is 11.6 Å². The van der Waals surface area contributed by atoms with Gasteiger partial charge in [-0.05, 0) is 35.5 Å². The number of halogens is 1. The van der Waals surface area contributed by atoms with Gasteiger partial charge < -0.3 is 9.32 Å². The van der Waals surface area contributed by atoms with Crippen molar-refractivity contribution in [2.75, 3.05) is 16.8 Å². The van der Waals surface area contributed by atoms with E-state index >= 15 is 0 Å². The van der Waals surface area contributed by atoms with Crippen LogP contribution in [0.3, 0.4) is 0 Å². The lowest BCUT2D eigenvalue weighted by Gasteiger charge is -2.23. The Morgan fingerprint density at radius 2 is 2.26 bits per heavy atom. The molecule has 0 saturated carbocycles. The molecule has 0 saturated heterocycles. The summed E-state index contributed by atoms with van der Waals surface area (Å²) >= 11 is 6.04. The molecule has 3 aromatic rings. The van der Waals surface area contributed by atoms with Crippen LogP contribution in [-0.4, -0.2) is 33.1 Å². The number of nitrogens with one attached hydrogen (secondary N) is 2. The maximum atomic E-state index is 12.2. The molecule has 0 aliphatic heterocycles. The summed E-state index contributed by atoms with van der Waals surface area (Å²) in [6.07, 6.45) is 1.59. The van der Waals surface area contributed by atoms with Gasteiger partial charge in [0.1, 0.15) is 5.76 Å². The Labute approximate surface area is 136 Å². The van der Waals surface area contributed by atoms with Crippen LogP contribution < -0.4 is 10.2 Å². The average Bonchev–Trinajstić information content (AvgIpc) is 3.20. The van der Waals surface area contributed by atoms with E-state index in [1.165, 1.54) is 0 Å². The summed E-state index contributed by atoms with van der Waals surface area (Å²) in [6, 6.07) is 10.9. The van der Waals surface area contributed by atoms with Crippen molar-refractivity contribution in [2.45, 2.75) is 6.54 Å². The number of anilines is 2. The topological polar surface area (TPSA) is 99.9 Å². The van der Waals surface area contributed by atoms with Crippen LogP contribution >= 0.6 is 11.6 Å². The predicted molar refractivity (Wildman–Crippen MR) is 84.0 cm³/mol. The molecular formula is C14H13ClN6O2. The molecule has 2 N–H and O–H groups in total. The van der Waals surface area contributed by atoms with Gasteiger partial charge in [0.15, 0.2) is 0 Å². The van der Waals surface area contributed by atoms with Crippen LogP contribution in [0.2, 0.25) is 5.02 Å². The van der Waals surface area contributed by atoms with Gasteiger partial charge >= 0.3 is 0 Å². The number of aromatic amines is 1. The first-order chi connectivity index (χ1) is 11.2. The number of benzene rings is 1. The fraction of sp³-hybridized carbons (Fsp3) is 0.143. The lowest BCUT2D eigenvalue weighted by Crippen LogP contribution is -2.33. The maximum Gasteiger partial charge on any atom is 0.269 e. The summed E-state index contributed by atoms with van der Waals surface area (Å²) in [5, 5.41) is 16.2. The average molecular weight is 333 g/mol. The molecular weight excluding hydrogens is 320 g/mol. The number of tetrazole rings is 1. The third-order valence-corrected chi connectivity index (χ3v) is 3.27. The van der Waals surface area contributed by atoms with Gasteiger partial charge in [-0.2, -0.15) is 5.21 Å². The molecule has 1 aromatic carbocycles. The van der Waals surface area contributed by atoms with Crippen LogP contribution in [0.5, 0.6) is 0 Å². The Bertz CT molecular complexity index is 759. The molecule has 0 aliphatic rings. The van der Waals surface area contributed by atoms with Crippen molar-refractivity contribution in [3.8, 4) is 0 Å². The first-order valence-corrected chi connectivity index (χ1v) is 7.15. The molecule has 0 radical (unpaired) electrons. The molecule has 0 atom stereocenters. The number of hydrogen-bond acceptors (Lipinski definition) is 6. The van der Waals surface area contributed by atoms with E-state index in [4.69, 9.17) is 16.0 Å². The second kappa shape index (κ2) is 6.93. The number of rotatable bonds is 6. The van der Waals surface area contributed by atoms with Crippen molar-refractivity contribution in [1.29, 1.82) is 0 Å². The lowest BCUT2D eigenvalue weighted by molar-refractivity contribution is -0.115. The molecule has 0 fully saturated rings. The summed E-state index contributed by atoms with van der Waals surface area (Å²) in [5.41, 5.74) is 0.803. The summed E-state index contributed by atoms with van der Waals surface area (Å²) in [4.78, 5) is 14.0. The number of hydrogen-bond donors (Lipinski definition) is 2. The van der Waals surface area contributed by atoms with Crippen molar-refractivity contribution < 1.29 is 9.21 Å². The first kappa shape index (κ1) is 15.0. The standard InChI is InChI=1S/C14H13ClN6O2/c15-10-3-1-4-11(7-10)21(8-12-5-2-6-23-12)9-13(22)16-14-17-19-20-18-14/h1-7H,8-9H2,(H2,16,17,18,19,20,22). The summed E-state index contributed by atoms with van der Waals surface area (Å²) in [5.74, 6) is 0.578. The minimum absolute atomic E-state index is 0.0790. The van der Waals surface area contributed by atoms with Crippen LogP contribution in [-0.2, 0) is 11.3 Å². The molecule has 2 aromatic heterocycles. The molecule has 8 nitrogen and oxygen atoms in total. The Balaban J connectivity index is 1.75. The van der Waals surface area contributed by atoms with E-state index in [9.17, 15) is 4.79 Å². The summed E-state index contributed by atoms with van der Waals surface area (Å²) < 4.78 is 5.36. The first-order valence-electron chi connectivity index (χ1n) is 6.77. The van der Waals surface area contributed by atoms with Crippen LogP contribution in [0.1, 0.15) is 5.76 Å². The number of nitrogens with zero attached hydrogens (tertiary/aromatic N) is 4. The highest BCUT2D eigenvalue weighted by molar-refractivity contribution is 6.30. The minimum Gasteiger partial charge on any atom is -0.467 e. The molecule has 2 heterocycles.